The van der Waals surface area contributed by atoms with E-state index in [4.69, 9.17) is 16.3 Å². The fraction of sp³-hybridized carbons (Fsp3) is 0.263. The number of piperidine rings is 1. The highest BCUT2D eigenvalue weighted by Gasteiger charge is 2.30. The van der Waals surface area contributed by atoms with Gasteiger partial charge in [0.1, 0.15) is 17.4 Å². The molecule has 0 aliphatic carbocycles. The lowest BCUT2D eigenvalue weighted by molar-refractivity contribution is -0.140. The van der Waals surface area contributed by atoms with Crippen LogP contribution in [0.1, 0.15) is 23.2 Å². The van der Waals surface area contributed by atoms with Gasteiger partial charge in [-0.15, -0.1) is 0 Å². The van der Waals surface area contributed by atoms with Gasteiger partial charge in [0.2, 0.25) is 0 Å². The second-order valence-corrected chi connectivity index (χ2v) is 7.48. The number of hydrogen-bond donors (Lipinski definition) is 0. The molecule has 2 aromatic carbocycles. The Morgan fingerprint density at radius 3 is 2.44 bits per heavy atom. The summed E-state index contributed by atoms with van der Waals surface area (Å²) in [5, 5.41) is 0.515. The van der Waals surface area contributed by atoms with E-state index >= 15 is 0 Å². The number of ether oxygens (including phenoxy) is 1. The van der Waals surface area contributed by atoms with Crippen molar-refractivity contribution in [2.75, 3.05) is 13.1 Å². The monoisotopic (exact) mass is 457 g/mol. The Bertz CT molecular complexity index is 885. The molecule has 1 aliphatic rings. The van der Waals surface area contributed by atoms with Crippen LogP contribution in [0.3, 0.4) is 0 Å². The van der Waals surface area contributed by atoms with Crippen molar-refractivity contribution >= 4 is 39.4 Å². The third kappa shape index (κ3) is 4.65. The standard InChI is InChI=1S/C19H15BrClF2NO3/c20-15-9-12(21)1-4-17(15)27-19(26)11-5-7-24(8-6-11)18(25)14-3-2-13(22)10-16(14)23/h1-4,9-11H,5-8H2. The van der Waals surface area contributed by atoms with E-state index in [9.17, 15) is 18.4 Å². The van der Waals surface area contributed by atoms with Crippen LogP contribution in [0.5, 0.6) is 5.75 Å². The summed E-state index contributed by atoms with van der Waals surface area (Å²) in [4.78, 5) is 26.2. The van der Waals surface area contributed by atoms with Crippen molar-refractivity contribution in [3.8, 4) is 5.75 Å². The molecule has 142 valence electrons. The van der Waals surface area contributed by atoms with E-state index in [1.165, 1.54) is 4.90 Å². The Kier molecular flexibility index (Phi) is 6.11. The third-order valence-corrected chi connectivity index (χ3v) is 5.24. The summed E-state index contributed by atoms with van der Waals surface area (Å²) in [6, 6.07) is 7.70. The maximum atomic E-state index is 13.8. The molecule has 1 amide bonds. The van der Waals surface area contributed by atoms with Crippen LogP contribution in [-0.2, 0) is 4.79 Å². The van der Waals surface area contributed by atoms with E-state index in [0.29, 0.717) is 34.2 Å². The Labute approximate surface area is 168 Å². The van der Waals surface area contributed by atoms with Gasteiger partial charge in [-0.2, -0.15) is 0 Å². The van der Waals surface area contributed by atoms with Gasteiger partial charge in [-0.1, -0.05) is 11.6 Å². The van der Waals surface area contributed by atoms with Gasteiger partial charge in [-0.25, -0.2) is 8.78 Å². The normalized spacial score (nSPS) is 14.9. The molecule has 0 atom stereocenters. The molecule has 8 heteroatoms. The lowest BCUT2D eigenvalue weighted by Gasteiger charge is -2.31. The molecule has 4 nitrogen and oxygen atoms in total. The van der Waals surface area contributed by atoms with Gasteiger partial charge in [-0.05, 0) is 59.1 Å². The van der Waals surface area contributed by atoms with Crippen LogP contribution in [0, 0.1) is 17.6 Å². The highest BCUT2D eigenvalue weighted by molar-refractivity contribution is 9.10. The van der Waals surface area contributed by atoms with Crippen LogP contribution < -0.4 is 4.74 Å². The predicted molar refractivity (Wildman–Crippen MR) is 99.8 cm³/mol. The molecule has 0 radical (unpaired) electrons. The first kappa shape index (κ1) is 19.8. The van der Waals surface area contributed by atoms with Crippen molar-refractivity contribution in [3.63, 3.8) is 0 Å². The summed E-state index contributed by atoms with van der Waals surface area (Å²) in [7, 11) is 0. The zero-order valence-electron chi connectivity index (χ0n) is 14.1. The minimum atomic E-state index is -0.894. The summed E-state index contributed by atoms with van der Waals surface area (Å²) in [6.07, 6.45) is 0.803. The van der Waals surface area contributed by atoms with E-state index in [1.54, 1.807) is 18.2 Å². The maximum Gasteiger partial charge on any atom is 0.314 e. The maximum absolute atomic E-state index is 13.8. The van der Waals surface area contributed by atoms with Crippen molar-refractivity contribution in [3.05, 3.63) is 63.1 Å². The Hall–Kier alpha value is -1.99. The van der Waals surface area contributed by atoms with E-state index in [2.05, 4.69) is 15.9 Å². The molecule has 1 aliphatic heterocycles. The van der Waals surface area contributed by atoms with Gasteiger partial charge in [0.25, 0.3) is 5.91 Å². The van der Waals surface area contributed by atoms with Crippen molar-refractivity contribution in [2.24, 2.45) is 5.92 Å². The van der Waals surface area contributed by atoms with Crippen molar-refractivity contribution < 1.29 is 23.1 Å². The summed E-state index contributed by atoms with van der Waals surface area (Å²) in [5.74, 6) is -2.53. The van der Waals surface area contributed by atoms with E-state index in [0.717, 1.165) is 12.1 Å². The van der Waals surface area contributed by atoms with Gasteiger partial charge in [-0.3, -0.25) is 9.59 Å². The van der Waals surface area contributed by atoms with Crippen molar-refractivity contribution in [2.45, 2.75) is 12.8 Å². The summed E-state index contributed by atoms with van der Waals surface area (Å²) < 4.78 is 32.8. The SMILES string of the molecule is O=C(Oc1ccc(Cl)cc1Br)C1CCN(C(=O)c2ccc(F)cc2F)CC1. The van der Waals surface area contributed by atoms with Crippen LogP contribution in [-0.4, -0.2) is 29.9 Å². The number of carbonyl (C=O) groups excluding carboxylic acids is 2. The zero-order valence-corrected chi connectivity index (χ0v) is 16.4. The Morgan fingerprint density at radius 1 is 1.11 bits per heavy atom. The molecule has 0 N–H and O–H groups in total. The van der Waals surface area contributed by atoms with E-state index in [1.807, 2.05) is 0 Å². The van der Waals surface area contributed by atoms with Crippen molar-refractivity contribution in [1.29, 1.82) is 0 Å². The smallest absolute Gasteiger partial charge is 0.314 e. The lowest BCUT2D eigenvalue weighted by Crippen LogP contribution is -2.41. The summed E-state index contributed by atoms with van der Waals surface area (Å²) in [5.41, 5.74) is -0.178. The number of esters is 1. The van der Waals surface area contributed by atoms with Gasteiger partial charge >= 0.3 is 5.97 Å². The molecule has 0 bridgehead atoms. The van der Waals surface area contributed by atoms with Crippen LogP contribution in [0.15, 0.2) is 40.9 Å². The second kappa shape index (κ2) is 8.35. The fourth-order valence-corrected chi connectivity index (χ4v) is 3.66. The highest BCUT2D eigenvalue weighted by Crippen LogP contribution is 2.30. The molecule has 0 saturated carbocycles. The lowest BCUT2D eigenvalue weighted by atomic mass is 9.96. The molecular weight excluding hydrogens is 444 g/mol. The first-order chi connectivity index (χ1) is 12.8. The number of nitrogens with zero attached hydrogens (tertiary/aromatic N) is 1. The van der Waals surface area contributed by atoms with Crippen LogP contribution >= 0.6 is 27.5 Å². The molecule has 27 heavy (non-hydrogen) atoms. The number of carbonyl (C=O) groups is 2. The number of rotatable bonds is 3. The minimum Gasteiger partial charge on any atom is -0.425 e. The molecular formula is C19H15BrClF2NO3. The fourth-order valence-electron chi connectivity index (χ4n) is 2.90. The molecule has 3 rings (SSSR count). The minimum absolute atomic E-state index is 0.178. The molecule has 0 spiro atoms. The van der Waals surface area contributed by atoms with Gasteiger partial charge < -0.3 is 9.64 Å². The van der Waals surface area contributed by atoms with Crippen LogP contribution in [0.2, 0.25) is 5.02 Å². The number of benzene rings is 2. The quantitative estimate of drug-likeness (QED) is 0.488. The number of likely N-dealkylation sites (tertiary alicyclic amines) is 1. The Morgan fingerprint density at radius 2 is 1.81 bits per heavy atom. The number of halogens is 4. The molecule has 0 unspecified atom stereocenters. The topological polar surface area (TPSA) is 46.6 Å². The van der Waals surface area contributed by atoms with Gasteiger partial charge in [0.15, 0.2) is 0 Å². The zero-order chi connectivity index (χ0) is 19.6. The predicted octanol–water partition coefficient (Wildman–Crippen LogP) is 4.84. The first-order valence-electron chi connectivity index (χ1n) is 8.26. The van der Waals surface area contributed by atoms with E-state index < -0.39 is 23.5 Å². The molecule has 1 fully saturated rings. The molecule has 1 saturated heterocycles. The molecule has 2 aromatic rings. The highest BCUT2D eigenvalue weighted by atomic mass is 79.9. The Balaban J connectivity index is 1.59. The third-order valence-electron chi connectivity index (χ3n) is 4.38. The number of amides is 1. The van der Waals surface area contributed by atoms with Gasteiger partial charge in [0, 0.05) is 24.2 Å². The van der Waals surface area contributed by atoms with Gasteiger partial charge in [0.05, 0.1) is 16.0 Å². The summed E-state index contributed by atoms with van der Waals surface area (Å²) in [6.45, 7) is 0.578. The van der Waals surface area contributed by atoms with Crippen molar-refractivity contribution in [1.82, 2.24) is 4.90 Å². The first-order valence-corrected chi connectivity index (χ1v) is 9.43. The average Bonchev–Trinajstić information content (AvgIpc) is 2.63. The average molecular weight is 459 g/mol. The second-order valence-electron chi connectivity index (χ2n) is 6.19. The summed E-state index contributed by atoms with van der Waals surface area (Å²) >= 11 is 9.15. The van der Waals surface area contributed by atoms with Crippen LogP contribution in [0.25, 0.3) is 0 Å². The largest absolute Gasteiger partial charge is 0.425 e. The molecule has 1 heterocycles. The molecule has 0 aromatic heterocycles. The van der Waals surface area contributed by atoms with Crippen LogP contribution in [0.4, 0.5) is 8.78 Å². The van der Waals surface area contributed by atoms with E-state index in [-0.39, 0.29) is 24.6 Å². The number of hydrogen-bond acceptors (Lipinski definition) is 3.